The number of amides is 1. The molecule has 1 saturated carbocycles. The van der Waals surface area contributed by atoms with E-state index in [1.807, 2.05) is 19.9 Å². The molecule has 3 nitrogen and oxygen atoms in total. The van der Waals surface area contributed by atoms with Crippen LogP contribution in [0, 0.1) is 0 Å². The summed E-state index contributed by atoms with van der Waals surface area (Å²) in [7, 11) is 0. The Bertz CT molecular complexity index is 241. The van der Waals surface area contributed by atoms with Gasteiger partial charge in [-0.2, -0.15) is 0 Å². The third-order valence-corrected chi connectivity index (χ3v) is 2.93. The number of carbonyl (C=O) groups excluding carboxylic acids is 1. The van der Waals surface area contributed by atoms with E-state index in [1.54, 1.807) is 0 Å². The Balaban J connectivity index is 0.00000196. The fraction of sp³-hybridized carbons (Fsp3) is 0.727. The van der Waals surface area contributed by atoms with Gasteiger partial charge >= 0.3 is 0 Å². The van der Waals surface area contributed by atoms with Gasteiger partial charge in [-0.1, -0.05) is 18.9 Å². The maximum atomic E-state index is 11.6. The molecule has 0 saturated heterocycles. The zero-order valence-electron chi connectivity index (χ0n) is 9.45. The molecule has 1 fully saturated rings. The molecule has 0 spiro atoms. The van der Waals surface area contributed by atoms with Gasteiger partial charge in [0.25, 0.3) is 0 Å². The molecular formula is C11H21ClN2O. The van der Waals surface area contributed by atoms with Crippen molar-refractivity contribution in [1.29, 1.82) is 0 Å². The summed E-state index contributed by atoms with van der Waals surface area (Å²) in [5.74, 6) is 0.0230. The number of hydrogen-bond donors (Lipinski definition) is 2. The van der Waals surface area contributed by atoms with Crippen LogP contribution in [0.4, 0.5) is 0 Å². The molecule has 4 heteroatoms. The van der Waals surface area contributed by atoms with Crippen LogP contribution in [0.15, 0.2) is 11.6 Å². The average molecular weight is 233 g/mol. The van der Waals surface area contributed by atoms with Crippen LogP contribution in [0.25, 0.3) is 0 Å². The van der Waals surface area contributed by atoms with E-state index >= 15 is 0 Å². The minimum atomic E-state index is 0. The summed E-state index contributed by atoms with van der Waals surface area (Å²) in [4.78, 5) is 11.6. The molecule has 0 aromatic rings. The third kappa shape index (κ3) is 4.22. The first kappa shape index (κ1) is 14.5. The van der Waals surface area contributed by atoms with Crippen LogP contribution in [-0.2, 0) is 4.79 Å². The fourth-order valence-electron chi connectivity index (χ4n) is 1.75. The second-order valence-electron chi connectivity index (χ2n) is 4.00. The zero-order valence-corrected chi connectivity index (χ0v) is 10.3. The van der Waals surface area contributed by atoms with Gasteiger partial charge in [-0.25, -0.2) is 0 Å². The minimum absolute atomic E-state index is 0. The van der Waals surface area contributed by atoms with Crippen LogP contribution in [0.1, 0.15) is 39.5 Å². The predicted octanol–water partition coefficient (Wildman–Crippen LogP) is 1.76. The Morgan fingerprint density at radius 3 is 2.53 bits per heavy atom. The van der Waals surface area contributed by atoms with Gasteiger partial charge < -0.3 is 11.1 Å². The summed E-state index contributed by atoms with van der Waals surface area (Å²) in [6.45, 7) is 3.69. The number of halogens is 1. The van der Waals surface area contributed by atoms with Gasteiger partial charge in [0.05, 0.1) is 0 Å². The third-order valence-electron chi connectivity index (χ3n) is 2.93. The highest BCUT2D eigenvalue weighted by atomic mass is 35.5. The van der Waals surface area contributed by atoms with E-state index in [2.05, 4.69) is 5.32 Å². The van der Waals surface area contributed by atoms with E-state index in [9.17, 15) is 4.79 Å². The Morgan fingerprint density at radius 1 is 1.40 bits per heavy atom. The number of rotatable bonds is 2. The highest BCUT2D eigenvalue weighted by molar-refractivity contribution is 5.92. The van der Waals surface area contributed by atoms with Gasteiger partial charge in [-0.3, -0.25) is 4.79 Å². The maximum absolute atomic E-state index is 11.6. The molecule has 88 valence electrons. The topological polar surface area (TPSA) is 55.1 Å². The molecule has 0 aromatic carbocycles. The quantitative estimate of drug-likeness (QED) is 0.713. The Hall–Kier alpha value is -0.540. The Morgan fingerprint density at radius 2 is 2.00 bits per heavy atom. The fourth-order valence-corrected chi connectivity index (χ4v) is 1.75. The lowest BCUT2D eigenvalue weighted by atomic mass is 9.91. The molecule has 1 amide bonds. The SMILES string of the molecule is C/C=C(/C)C(=O)N[C@@H]1CCCC[C@H]1N.Cl. The van der Waals surface area contributed by atoms with Crippen LogP contribution in [0.2, 0.25) is 0 Å². The molecule has 2 atom stereocenters. The Labute approximate surface area is 97.9 Å². The normalized spacial score (nSPS) is 26.7. The van der Waals surface area contributed by atoms with Gasteiger partial charge in [-0.05, 0) is 26.7 Å². The van der Waals surface area contributed by atoms with Crippen LogP contribution < -0.4 is 11.1 Å². The highest BCUT2D eigenvalue weighted by Gasteiger charge is 2.23. The lowest BCUT2D eigenvalue weighted by molar-refractivity contribution is -0.118. The summed E-state index contributed by atoms with van der Waals surface area (Å²) in [6, 6.07) is 0.309. The van der Waals surface area contributed by atoms with Crippen molar-refractivity contribution in [3.8, 4) is 0 Å². The van der Waals surface area contributed by atoms with Crippen molar-refractivity contribution >= 4 is 18.3 Å². The molecule has 15 heavy (non-hydrogen) atoms. The van der Waals surface area contributed by atoms with E-state index in [-0.39, 0.29) is 30.4 Å². The van der Waals surface area contributed by atoms with E-state index in [0.29, 0.717) is 0 Å². The first-order valence-electron chi connectivity index (χ1n) is 5.34. The summed E-state index contributed by atoms with van der Waals surface area (Å²) < 4.78 is 0. The molecule has 0 unspecified atom stereocenters. The lowest BCUT2D eigenvalue weighted by Gasteiger charge is -2.29. The second-order valence-corrected chi connectivity index (χ2v) is 4.00. The second kappa shape index (κ2) is 6.85. The number of nitrogens with one attached hydrogen (secondary N) is 1. The highest BCUT2D eigenvalue weighted by Crippen LogP contribution is 2.17. The summed E-state index contributed by atoms with van der Waals surface area (Å²) in [5, 5.41) is 2.99. The summed E-state index contributed by atoms with van der Waals surface area (Å²) in [6.07, 6.45) is 6.23. The van der Waals surface area contributed by atoms with Crippen molar-refractivity contribution in [2.45, 2.75) is 51.6 Å². The van der Waals surface area contributed by atoms with Crippen molar-refractivity contribution in [3.63, 3.8) is 0 Å². The van der Waals surface area contributed by atoms with Gasteiger partial charge in [0.1, 0.15) is 0 Å². The first-order chi connectivity index (χ1) is 6.65. The number of hydrogen-bond acceptors (Lipinski definition) is 2. The average Bonchev–Trinajstić information content (AvgIpc) is 2.20. The molecule has 3 N–H and O–H groups in total. The molecule has 0 aromatic heterocycles. The van der Waals surface area contributed by atoms with Gasteiger partial charge in [0.15, 0.2) is 0 Å². The molecule has 1 aliphatic rings. The lowest BCUT2D eigenvalue weighted by Crippen LogP contribution is -2.49. The van der Waals surface area contributed by atoms with E-state index in [4.69, 9.17) is 5.73 Å². The van der Waals surface area contributed by atoms with E-state index in [0.717, 1.165) is 18.4 Å². The zero-order chi connectivity index (χ0) is 10.6. The van der Waals surface area contributed by atoms with Crippen molar-refractivity contribution < 1.29 is 4.79 Å². The van der Waals surface area contributed by atoms with Crippen molar-refractivity contribution in [2.75, 3.05) is 0 Å². The molecule has 0 radical (unpaired) electrons. The van der Waals surface area contributed by atoms with Crippen LogP contribution >= 0.6 is 12.4 Å². The van der Waals surface area contributed by atoms with Crippen molar-refractivity contribution in [3.05, 3.63) is 11.6 Å². The van der Waals surface area contributed by atoms with Crippen molar-refractivity contribution in [2.24, 2.45) is 5.73 Å². The van der Waals surface area contributed by atoms with Crippen LogP contribution in [0.3, 0.4) is 0 Å². The minimum Gasteiger partial charge on any atom is -0.348 e. The molecule has 0 heterocycles. The number of nitrogens with two attached hydrogens (primary N) is 1. The standard InChI is InChI=1S/C11H20N2O.ClH/c1-3-8(2)11(14)13-10-7-5-4-6-9(10)12;/h3,9-10H,4-7,12H2,1-2H3,(H,13,14);1H/b8-3-;/t9-,10-;/m1./s1. The van der Waals surface area contributed by atoms with E-state index < -0.39 is 0 Å². The molecule has 1 rings (SSSR count). The van der Waals surface area contributed by atoms with Crippen LogP contribution in [-0.4, -0.2) is 18.0 Å². The molecule has 0 bridgehead atoms. The van der Waals surface area contributed by atoms with Gasteiger partial charge in [-0.15, -0.1) is 12.4 Å². The molecule has 1 aliphatic carbocycles. The maximum Gasteiger partial charge on any atom is 0.246 e. The number of carbonyl (C=O) groups is 1. The molecular weight excluding hydrogens is 212 g/mol. The smallest absolute Gasteiger partial charge is 0.246 e. The monoisotopic (exact) mass is 232 g/mol. The number of allylic oxidation sites excluding steroid dienone is 1. The van der Waals surface area contributed by atoms with Crippen molar-refractivity contribution in [1.82, 2.24) is 5.32 Å². The van der Waals surface area contributed by atoms with Gasteiger partial charge in [0, 0.05) is 17.7 Å². The summed E-state index contributed by atoms with van der Waals surface area (Å²) >= 11 is 0. The molecule has 0 aliphatic heterocycles. The predicted molar refractivity (Wildman–Crippen MR) is 65.1 cm³/mol. The van der Waals surface area contributed by atoms with Gasteiger partial charge in [0.2, 0.25) is 5.91 Å². The van der Waals surface area contributed by atoms with Crippen LogP contribution in [0.5, 0.6) is 0 Å². The Kier molecular flexibility index (Phi) is 6.61. The summed E-state index contributed by atoms with van der Waals surface area (Å²) in [5.41, 5.74) is 6.70. The van der Waals surface area contributed by atoms with E-state index in [1.165, 1.54) is 12.8 Å². The first-order valence-corrected chi connectivity index (χ1v) is 5.34. The largest absolute Gasteiger partial charge is 0.348 e.